The normalized spacial score (nSPS) is 10.8. The zero-order valence-corrected chi connectivity index (χ0v) is 17.0. The number of aromatic hydroxyl groups is 2. The highest BCUT2D eigenvalue weighted by molar-refractivity contribution is 6.49. The summed E-state index contributed by atoms with van der Waals surface area (Å²) in [5.74, 6) is -3.29. The first-order valence-corrected chi connectivity index (χ1v) is 8.98. The van der Waals surface area contributed by atoms with Gasteiger partial charge in [0.2, 0.25) is 18.6 Å². The van der Waals surface area contributed by atoms with Crippen LogP contribution in [-0.2, 0) is 9.53 Å². The molecule has 158 valence electrons. The second kappa shape index (κ2) is 8.34. The summed E-state index contributed by atoms with van der Waals surface area (Å²) in [6.45, 7) is 0.627. The van der Waals surface area contributed by atoms with Crippen LogP contribution in [-0.4, -0.2) is 33.7 Å². The molecule has 0 amide bonds. The quantitative estimate of drug-likeness (QED) is 0.245. The predicted octanol–water partition coefficient (Wildman–Crippen LogP) is 3.13. The molecule has 2 aromatic heterocycles. The van der Waals surface area contributed by atoms with Gasteiger partial charge in [-0.3, -0.25) is 4.79 Å². The molecule has 2 N–H and O–H groups in total. The van der Waals surface area contributed by atoms with Crippen LogP contribution in [0.15, 0.2) is 27.4 Å². The van der Waals surface area contributed by atoms with Gasteiger partial charge in [0.25, 0.3) is 0 Å². The number of esters is 1. The molecule has 3 aromatic rings. The van der Waals surface area contributed by atoms with Crippen LogP contribution in [0.4, 0.5) is 0 Å². The Kier molecular flexibility index (Phi) is 6.01. The molecule has 2 heterocycles. The van der Waals surface area contributed by atoms with Crippen LogP contribution in [0.2, 0.25) is 15.1 Å². The molecule has 0 aliphatic rings. The van der Waals surface area contributed by atoms with Gasteiger partial charge in [-0.25, -0.2) is 9.59 Å². The molecule has 0 saturated carbocycles. The van der Waals surface area contributed by atoms with E-state index < -0.39 is 41.7 Å². The molecule has 0 fully saturated rings. The van der Waals surface area contributed by atoms with Gasteiger partial charge in [-0.05, 0) is 6.07 Å². The third-order valence-electron chi connectivity index (χ3n) is 3.63. The van der Waals surface area contributed by atoms with E-state index in [2.05, 4.69) is 4.74 Å². The van der Waals surface area contributed by atoms with Gasteiger partial charge in [0, 0.05) is 24.4 Å². The number of halogens is 3. The number of ether oxygens (including phenoxy) is 2. The average Bonchev–Trinajstić information content (AvgIpc) is 3.00. The number of carbonyl (C=O) groups is 2. The standard InChI is InChI=1S/C17H10Cl3NO9/c1-6(22)27-5-28-15-12(19)11(18)7-4-8(16(25)29-14(7)13(15)20)17(26)30-21-9(23)2-3-10(21)24/h2-4,23-24H,5H2,1H3. The van der Waals surface area contributed by atoms with Gasteiger partial charge >= 0.3 is 17.6 Å². The molecular formula is C17H10Cl3NO9. The molecule has 1 aromatic carbocycles. The molecule has 0 radical (unpaired) electrons. The number of hydrogen-bond acceptors (Lipinski definition) is 9. The minimum Gasteiger partial charge on any atom is -0.492 e. The maximum Gasteiger partial charge on any atom is 0.371 e. The zero-order valence-electron chi connectivity index (χ0n) is 14.8. The molecule has 3 rings (SSSR count). The predicted molar refractivity (Wildman–Crippen MR) is 103 cm³/mol. The molecule has 0 bridgehead atoms. The van der Waals surface area contributed by atoms with E-state index >= 15 is 0 Å². The molecule has 30 heavy (non-hydrogen) atoms. The van der Waals surface area contributed by atoms with Crippen LogP contribution in [0.1, 0.15) is 17.3 Å². The number of fused-ring (bicyclic) bond motifs is 1. The molecule has 10 nitrogen and oxygen atoms in total. The largest absolute Gasteiger partial charge is 0.492 e. The van der Waals surface area contributed by atoms with Gasteiger partial charge in [-0.2, -0.15) is 0 Å². The van der Waals surface area contributed by atoms with Crippen LogP contribution < -0.4 is 15.2 Å². The Labute approximate surface area is 181 Å². The van der Waals surface area contributed by atoms with Crippen molar-refractivity contribution in [2.45, 2.75) is 6.92 Å². The summed E-state index contributed by atoms with van der Waals surface area (Å²) in [4.78, 5) is 40.2. The smallest absolute Gasteiger partial charge is 0.371 e. The Hall–Kier alpha value is -3.08. The summed E-state index contributed by atoms with van der Waals surface area (Å²) >= 11 is 18.5. The first-order valence-electron chi connectivity index (χ1n) is 7.84. The second-order valence-electron chi connectivity index (χ2n) is 5.58. The molecule has 0 atom stereocenters. The van der Waals surface area contributed by atoms with Gasteiger partial charge < -0.3 is 28.9 Å². The number of benzene rings is 1. The summed E-state index contributed by atoms with van der Waals surface area (Å²) in [6.07, 6.45) is 0. The van der Waals surface area contributed by atoms with Crippen molar-refractivity contribution in [1.82, 2.24) is 4.73 Å². The van der Waals surface area contributed by atoms with Gasteiger partial charge in [-0.15, -0.1) is 4.73 Å². The SMILES string of the molecule is CC(=O)OCOc1c(Cl)c(Cl)c2cc(C(=O)On3c(O)ccc3O)c(=O)oc2c1Cl. The fourth-order valence-corrected chi connectivity index (χ4v) is 3.10. The van der Waals surface area contributed by atoms with Crippen molar-refractivity contribution >= 4 is 57.7 Å². The molecule has 0 aliphatic carbocycles. The van der Waals surface area contributed by atoms with Crippen molar-refractivity contribution in [1.29, 1.82) is 0 Å². The van der Waals surface area contributed by atoms with Crippen LogP contribution in [0.5, 0.6) is 17.5 Å². The van der Waals surface area contributed by atoms with E-state index in [1.165, 1.54) is 0 Å². The van der Waals surface area contributed by atoms with E-state index in [0.717, 1.165) is 25.1 Å². The average molecular weight is 479 g/mol. The van der Waals surface area contributed by atoms with E-state index in [-0.39, 0.29) is 31.8 Å². The van der Waals surface area contributed by atoms with Crippen molar-refractivity contribution in [3.8, 4) is 17.5 Å². The van der Waals surface area contributed by atoms with Gasteiger partial charge in [0.05, 0.1) is 5.02 Å². The minimum atomic E-state index is -1.27. The topological polar surface area (TPSA) is 137 Å². The molecule has 13 heteroatoms. The van der Waals surface area contributed by atoms with Crippen LogP contribution in [0, 0.1) is 0 Å². The van der Waals surface area contributed by atoms with E-state index in [1.54, 1.807) is 0 Å². The number of rotatable bonds is 5. The number of carbonyl (C=O) groups excluding carboxylic acids is 2. The lowest BCUT2D eigenvalue weighted by Crippen LogP contribution is -2.24. The summed E-state index contributed by atoms with van der Waals surface area (Å²) < 4.78 is 15.3. The minimum absolute atomic E-state index is 0.0287. The summed E-state index contributed by atoms with van der Waals surface area (Å²) in [5.41, 5.74) is -2.04. The highest BCUT2D eigenvalue weighted by atomic mass is 35.5. The lowest BCUT2D eigenvalue weighted by molar-refractivity contribution is -0.147. The van der Waals surface area contributed by atoms with Crippen LogP contribution in [0.3, 0.4) is 0 Å². The maximum absolute atomic E-state index is 12.3. The first-order chi connectivity index (χ1) is 14.1. The molecule has 0 spiro atoms. The monoisotopic (exact) mass is 477 g/mol. The molecule has 0 unspecified atom stereocenters. The highest BCUT2D eigenvalue weighted by Gasteiger charge is 2.25. The van der Waals surface area contributed by atoms with Crippen LogP contribution >= 0.6 is 34.8 Å². The molecule has 0 aliphatic heterocycles. The van der Waals surface area contributed by atoms with Crippen molar-refractivity contribution < 1.29 is 38.5 Å². The number of nitrogens with zero attached hydrogens (tertiary/aromatic N) is 1. The summed E-state index contributed by atoms with van der Waals surface area (Å²) in [5, 5.41) is 18.4. The van der Waals surface area contributed by atoms with Crippen molar-refractivity contribution in [3.05, 3.63) is 49.3 Å². The van der Waals surface area contributed by atoms with Gasteiger partial charge in [-0.1, -0.05) is 34.8 Å². The summed E-state index contributed by atoms with van der Waals surface area (Å²) in [7, 11) is 0. The Balaban J connectivity index is 2.05. The van der Waals surface area contributed by atoms with Crippen molar-refractivity contribution in [2.75, 3.05) is 6.79 Å². The summed E-state index contributed by atoms with van der Waals surface area (Å²) in [6, 6.07) is 3.12. The van der Waals surface area contributed by atoms with E-state index in [9.17, 15) is 24.6 Å². The van der Waals surface area contributed by atoms with E-state index in [1.807, 2.05) is 0 Å². The second-order valence-corrected chi connectivity index (χ2v) is 6.72. The Morgan fingerprint density at radius 3 is 2.33 bits per heavy atom. The zero-order chi connectivity index (χ0) is 22.2. The molecule has 0 saturated heterocycles. The fraction of sp³-hybridized carbons (Fsp3) is 0.118. The van der Waals surface area contributed by atoms with E-state index in [0.29, 0.717) is 4.73 Å². The fourth-order valence-electron chi connectivity index (χ4n) is 2.28. The van der Waals surface area contributed by atoms with Gasteiger partial charge in [0.1, 0.15) is 15.6 Å². The van der Waals surface area contributed by atoms with Crippen LogP contribution in [0.25, 0.3) is 11.0 Å². The lowest BCUT2D eigenvalue weighted by Gasteiger charge is -2.13. The first kappa shape index (κ1) is 21.6. The van der Waals surface area contributed by atoms with Crippen molar-refractivity contribution in [2.24, 2.45) is 0 Å². The Morgan fingerprint density at radius 1 is 1.10 bits per heavy atom. The Morgan fingerprint density at radius 2 is 1.73 bits per heavy atom. The van der Waals surface area contributed by atoms with Crippen molar-refractivity contribution in [3.63, 3.8) is 0 Å². The third-order valence-corrected chi connectivity index (χ3v) is 4.83. The third kappa shape index (κ3) is 3.97. The highest BCUT2D eigenvalue weighted by Crippen LogP contribution is 2.44. The molecular weight excluding hydrogens is 469 g/mol. The number of hydrogen-bond donors (Lipinski definition) is 2. The number of aromatic nitrogens is 1. The van der Waals surface area contributed by atoms with Gasteiger partial charge in [0.15, 0.2) is 11.3 Å². The van der Waals surface area contributed by atoms with E-state index in [4.69, 9.17) is 48.8 Å². The maximum atomic E-state index is 12.3. The Bertz CT molecular complexity index is 1210. The lowest BCUT2D eigenvalue weighted by atomic mass is 10.1.